The maximum atomic E-state index is 12.2. The molecule has 0 radical (unpaired) electrons. The van der Waals surface area contributed by atoms with Crippen LogP contribution in [0.5, 0.6) is 0 Å². The topological polar surface area (TPSA) is 112 Å². The Labute approximate surface area is 123 Å². The van der Waals surface area contributed by atoms with E-state index in [4.69, 9.17) is 0 Å². The van der Waals surface area contributed by atoms with E-state index in [-0.39, 0.29) is 17.0 Å². The molecular weight excluding hydrogens is 314 g/mol. The van der Waals surface area contributed by atoms with Gasteiger partial charge in [-0.05, 0) is 11.4 Å². The largest absolute Gasteiger partial charge is 0.308 e. The SMILES string of the molecule is CN(Cc1nc2ccsc2c(=O)[nH]1)S(=O)(=O)c1cn[nH]c1. The van der Waals surface area contributed by atoms with Crippen molar-refractivity contribution in [2.75, 3.05) is 7.05 Å². The Bertz CT molecular complexity index is 926. The third-order valence-electron chi connectivity index (χ3n) is 2.92. The molecule has 0 spiro atoms. The molecular formula is C11H11N5O3S2. The van der Waals surface area contributed by atoms with Crippen LogP contribution in [0.1, 0.15) is 5.82 Å². The van der Waals surface area contributed by atoms with E-state index in [0.717, 1.165) is 4.31 Å². The molecule has 0 atom stereocenters. The summed E-state index contributed by atoms with van der Waals surface area (Å²) in [5.41, 5.74) is 0.298. The smallest absolute Gasteiger partial charge is 0.268 e. The molecule has 0 bridgehead atoms. The van der Waals surface area contributed by atoms with Crippen LogP contribution in [-0.4, -0.2) is 39.9 Å². The van der Waals surface area contributed by atoms with Crippen molar-refractivity contribution in [2.45, 2.75) is 11.4 Å². The minimum Gasteiger partial charge on any atom is -0.308 e. The Morgan fingerprint density at radius 1 is 1.43 bits per heavy atom. The summed E-state index contributed by atoms with van der Waals surface area (Å²) in [6, 6.07) is 1.73. The number of thiophene rings is 1. The van der Waals surface area contributed by atoms with Crippen molar-refractivity contribution in [1.29, 1.82) is 0 Å². The van der Waals surface area contributed by atoms with Crippen LogP contribution in [0.25, 0.3) is 10.2 Å². The van der Waals surface area contributed by atoms with Gasteiger partial charge >= 0.3 is 0 Å². The summed E-state index contributed by atoms with van der Waals surface area (Å²) in [7, 11) is -2.25. The second-order valence-electron chi connectivity index (χ2n) is 4.34. The molecule has 0 aliphatic heterocycles. The molecule has 0 aliphatic carbocycles. The molecule has 3 aromatic heterocycles. The number of aromatic amines is 2. The van der Waals surface area contributed by atoms with Crippen LogP contribution < -0.4 is 5.56 Å². The quantitative estimate of drug-likeness (QED) is 0.726. The van der Waals surface area contributed by atoms with Gasteiger partial charge < -0.3 is 4.98 Å². The fraction of sp³-hybridized carbons (Fsp3) is 0.182. The Balaban J connectivity index is 1.93. The highest BCUT2D eigenvalue weighted by molar-refractivity contribution is 7.89. The molecule has 0 saturated heterocycles. The van der Waals surface area contributed by atoms with Crippen molar-refractivity contribution < 1.29 is 8.42 Å². The van der Waals surface area contributed by atoms with E-state index in [2.05, 4.69) is 20.2 Å². The zero-order valence-electron chi connectivity index (χ0n) is 10.9. The molecule has 0 saturated carbocycles. The lowest BCUT2D eigenvalue weighted by Crippen LogP contribution is -2.28. The predicted molar refractivity (Wildman–Crippen MR) is 77.5 cm³/mol. The van der Waals surface area contributed by atoms with E-state index in [1.807, 2.05) is 0 Å². The summed E-state index contributed by atoms with van der Waals surface area (Å²) in [6.07, 6.45) is 2.52. The van der Waals surface area contributed by atoms with E-state index < -0.39 is 10.0 Å². The van der Waals surface area contributed by atoms with E-state index >= 15 is 0 Å². The highest BCUT2D eigenvalue weighted by atomic mass is 32.2. The summed E-state index contributed by atoms with van der Waals surface area (Å²) < 4.78 is 26.1. The molecule has 0 unspecified atom stereocenters. The molecule has 0 amide bonds. The molecule has 21 heavy (non-hydrogen) atoms. The third kappa shape index (κ3) is 2.48. The van der Waals surface area contributed by atoms with Gasteiger partial charge in [-0.15, -0.1) is 11.3 Å². The van der Waals surface area contributed by atoms with Crippen LogP contribution >= 0.6 is 11.3 Å². The summed E-state index contributed by atoms with van der Waals surface area (Å²) >= 11 is 1.29. The second-order valence-corrected chi connectivity index (χ2v) is 7.30. The fourth-order valence-electron chi connectivity index (χ4n) is 1.85. The number of nitrogens with one attached hydrogen (secondary N) is 2. The average Bonchev–Trinajstić information content (AvgIpc) is 3.09. The standard InChI is InChI=1S/C11H11N5O3S2/c1-16(21(18,19)7-4-12-13-5-7)6-9-14-8-2-3-20-10(8)11(17)15-9/h2-5H,6H2,1H3,(H,12,13)(H,14,15,17). The highest BCUT2D eigenvalue weighted by Crippen LogP contribution is 2.16. The minimum atomic E-state index is -3.67. The summed E-state index contributed by atoms with van der Waals surface area (Å²) in [5, 5.41) is 7.85. The van der Waals surface area contributed by atoms with Crippen LogP contribution in [0.15, 0.2) is 33.5 Å². The average molecular weight is 325 g/mol. The van der Waals surface area contributed by atoms with Gasteiger partial charge in [0, 0.05) is 13.2 Å². The number of fused-ring (bicyclic) bond motifs is 1. The van der Waals surface area contributed by atoms with Gasteiger partial charge in [-0.2, -0.15) is 9.40 Å². The highest BCUT2D eigenvalue weighted by Gasteiger charge is 2.22. The lowest BCUT2D eigenvalue weighted by molar-refractivity contribution is 0.457. The molecule has 2 N–H and O–H groups in total. The first kappa shape index (κ1) is 13.9. The van der Waals surface area contributed by atoms with Crippen molar-refractivity contribution in [3.63, 3.8) is 0 Å². The maximum absolute atomic E-state index is 12.2. The van der Waals surface area contributed by atoms with E-state index in [0.29, 0.717) is 16.0 Å². The summed E-state index contributed by atoms with van der Waals surface area (Å²) in [6.45, 7) is -0.0332. The van der Waals surface area contributed by atoms with Gasteiger partial charge in [-0.25, -0.2) is 13.4 Å². The maximum Gasteiger partial charge on any atom is 0.268 e. The first-order valence-electron chi connectivity index (χ1n) is 5.90. The predicted octanol–water partition coefficient (Wildman–Crippen LogP) is 0.528. The number of rotatable bonds is 4. The van der Waals surface area contributed by atoms with E-state index in [9.17, 15) is 13.2 Å². The molecule has 10 heteroatoms. The van der Waals surface area contributed by atoms with Gasteiger partial charge in [0.15, 0.2) is 0 Å². The fourth-order valence-corrected chi connectivity index (χ4v) is 3.62. The van der Waals surface area contributed by atoms with Gasteiger partial charge in [0.05, 0.1) is 18.3 Å². The zero-order chi connectivity index (χ0) is 15.0. The monoisotopic (exact) mass is 325 g/mol. The molecule has 3 rings (SSSR count). The summed E-state index contributed by atoms with van der Waals surface area (Å²) in [4.78, 5) is 18.8. The third-order valence-corrected chi connectivity index (χ3v) is 5.59. The van der Waals surface area contributed by atoms with Gasteiger partial charge in [-0.1, -0.05) is 0 Å². The number of aromatic nitrogens is 4. The lowest BCUT2D eigenvalue weighted by atomic mass is 10.4. The van der Waals surface area contributed by atoms with Crippen LogP contribution in [-0.2, 0) is 16.6 Å². The van der Waals surface area contributed by atoms with Crippen LogP contribution in [0.4, 0.5) is 0 Å². The number of hydrogen-bond acceptors (Lipinski definition) is 6. The normalized spacial score (nSPS) is 12.3. The van der Waals surface area contributed by atoms with Gasteiger partial charge in [0.1, 0.15) is 15.4 Å². The number of nitrogens with zero attached hydrogens (tertiary/aromatic N) is 3. The molecule has 3 aromatic rings. The number of hydrogen-bond donors (Lipinski definition) is 2. The minimum absolute atomic E-state index is 0.0332. The van der Waals surface area contributed by atoms with Crippen LogP contribution in [0.3, 0.4) is 0 Å². The second kappa shape index (κ2) is 5.06. The first-order chi connectivity index (χ1) is 9.98. The van der Waals surface area contributed by atoms with E-state index in [1.54, 1.807) is 11.4 Å². The molecule has 3 heterocycles. The Kier molecular flexibility index (Phi) is 3.35. The molecule has 0 aromatic carbocycles. The first-order valence-corrected chi connectivity index (χ1v) is 8.22. The number of H-pyrrole nitrogens is 2. The van der Waals surface area contributed by atoms with Crippen molar-refractivity contribution in [1.82, 2.24) is 24.5 Å². The van der Waals surface area contributed by atoms with Crippen molar-refractivity contribution in [2.24, 2.45) is 0 Å². The zero-order valence-corrected chi connectivity index (χ0v) is 12.5. The van der Waals surface area contributed by atoms with Crippen molar-refractivity contribution in [3.8, 4) is 0 Å². The van der Waals surface area contributed by atoms with Gasteiger partial charge in [0.25, 0.3) is 5.56 Å². The molecule has 8 nitrogen and oxygen atoms in total. The van der Waals surface area contributed by atoms with E-state index in [1.165, 1.54) is 30.8 Å². The number of sulfonamides is 1. The van der Waals surface area contributed by atoms with Gasteiger partial charge in [-0.3, -0.25) is 9.89 Å². The van der Waals surface area contributed by atoms with Crippen LogP contribution in [0, 0.1) is 0 Å². The molecule has 0 aliphatic rings. The van der Waals surface area contributed by atoms with Crippen molar-refractivity contribution in [3.05, 3.63) is 40.0 Å². The molecule has 0 fully saturated rings. The van der Waals surface area contributed by atoms with Gasteiger partial charge in [0.2, 0.25) is 10.0 Å². The Morgan fingerprint density at radius 2 is 2.24 bits per heavy atom. The summed E-state index contributed by atoms with van der Waals surface area (Å²) in [5.74, 6) is 0.292. The molecule has 110 valence electrons. The van der Waals surface area contributed by atoms with Crippen molar-refractivity contribution >= 4 is 31.6 Å². The van der Waals surface area contributed by atoms with Crippen LogP contribution in [0.2, 0.25) is 0 Å². The Hall–Kier alpha value is -2.04. The Morgan fingerprint density at radius 3 is 2.95 bits per heavy atom. The lowest BCUT2D eigenvalue weighted by Gasteiger charge is -2.15.